The van der Waals surface area contributed by atoms with Crippen molar-refractivity contribution in [3.63, 3.8) is 0 Å². The lowest BCUT2D eigenvalue weighted by atomic mass is 9.95. The van der Waals surface area contributed by atoms with E-state index in [2.05, 4.69) is 60.1 Å². The van der Waals surface area contributed by atoms with Crippen molar-refractivity contribution in [1.82, 2.24) is 0 Å². The summed E-state index contributed by atoms with van der Waals surface area (Å²) in [6.45, 7) is 4.18. The van der Waals surface area contributed by atoms with Crippen molar-refractivity contribution in [2.75, 3.05) is 0 Å². The summed E-state index contributed by atoms with van der Waals surface area (Å²) in [7, 11) is 0. The smallest absolute Gasteiger partial charge is 0.0554 e. The Balaban J connectivity index is 2.43. The Bertz CT molecular complexity index is 514. The highest BCUT2D eigenvalue weighted by Crippen LogP contribution is 2.25. The van der Waals surface area contributed by atoms with Crippen LogP contribution in [0.25, 0.3) is 0 Å². The van der Waals surface area contributed by atoms with Gasteiger partial charge in [-0.3, -0.25) is 0 Å². The molecule has 0 aromatic heterocycles. The normalized spacial score (nSPS) is 12.5. The van der Waals surface area contributed by atoms with E-state index >= 15 is 0 Å². The first-order valence-corrected chi connectivity index (χ1v) is 6.45. The molecule has 0 aliphatic carbocycles. The monoisotopic (exact) mass is 289 g/mol. The third-order valence-electron chi connectivity index (χ3n) is 2.95. The topological polar surface area (TPSA) is 26.0 Å². The molecule has 1 nitrogen and oxygen atoms in total. The van der Waals surface area contributed by atoms with Crippen molar-refractivity contribution >= 4 is 15.9 Å². The van der Waals surface area contributed by atoms with Crippen LogP contribution >= 0.6 is 15.9 Å². The van der Waals surface area contributed by atoms with Crippen molar-refractivity contribution in [3.8, 4) is 0 Å². The van der Waals surface area contributed by atoms with E-state index in [0.29, 0.717) is 0 Å². The fourth-order valence-corrected chi connectivity index (χ4v) is 2.68. The lowest BCUT2D eigenvalue weighted by Crippen LogP contribution is -2.13. The molecule has 0 saturated carbocycles. The minimum absolute atomic E-state index is 0.0626. The molecule has 17 heavy (non-hydrogen) atoms. The van der Waals surface area contributed by atoms with Crippen LogP contribution in [0.15, 0.2) is 46.9 Å². The van der Waals surface area contributed by atoms with E-state index in [1.165, 1.54) is 16.7 Å². The highest BCUT2D eigenvalue weighted by Gasteiger charge is 2.11. The summed E-state index contributed by atoms with van der Waals surface area (Å²) >= 11 is 3.52. The summed E-state index contributed by atoms with van der Waals surface area (Å²) in [4.78, 5) is 0. The predicted octanol–water partition coefficient (Wildman–Crippen LogP) is 4.11. The van der Waals surface area contributed by atoms with Crippen LogP contribution in [0, 0.1) is 13.8 Å². The van der Waals surface area contributed by atoms with Gasteiger partial charge in [0.05, 0.1) is 6.04 Å². The minimum atomic E-state index is -0.0626. The predicted molar refractivity (Wildman–Crippen MR) is 76.1 cm³/mol. The highest BCUT2D eigenvalue weighted by atomic mass is 79.9. The summed E-state index contributed by atoms with van der Waals surface area (Å²) in [5.74, 6) is 0. The molecule has 2 heteroatoms. The van der Waals surface area contributed by atoms with Gasteiger partial charge in [-0.05, 0) is 48.2 Å². The van der Waals surface area contributed by atoms with Crippen LogP contribution in [-0.4, -0.2) is 0 Å². The fourth-order valence-electron chi connectivity index (χ4n) is 2.06. The molecule has 0 heterocycles. The average Bonchev–Trinajstić information content (AvgIpc) is 2.27. The second-order valence-corrected chi connectivity index (χ2v) is 5.31. The number of rotatable bonds is 2. The number of hydrogen-bond donors (Lipinski definition) is 1. The number of halogens is 1. The molecule has 0 bridgehead atoms. The van der Waals surface area contributed by atoms with E-state index in [-0.39, 0.29) is 6.04 Å². The van der Waals surface area contributed by atoms with E-state index in [9.17, 15) is 0 Å². The Labute approximate surface area is 111 Å². The fraction of sp³-hybridized carbons (Fsp3) is 0.200. The van der Waals surface area contributed by atoms with E-state index in [1.54, 1.807) is 0 Å². The van der Waals surface area contributed by atoms with Crippen LogP contribution in [-0.2, 0) is 0 Å². The van der Waals surface area contributed by atoms with Crippen molar-refractivity contribution in [2.45, 2.75) is 19.9 Å². The Hall–Kier alpha value is -1.12. The molecule has 0 aliphatic heterocycles. The molecular formula is C15H16BrN. The van der Waals surface area contributed by atoms with Crippen molar-refractivity contribution in [2.24, 2.45) is 5.73 Å². The highest BCUT2D eigenvalue weighted by molar-refractivity contribution is 9.10. The third-order valence-corrected chi connectivity index (χ3v) is 3.40. The maximum Gasteiger partial charge on any atom is 0.0554 e. The van der Waals surface area contributed by atoms with Crippen molar-refractivity contribution in [3.05, 3.63) is 69.2 Å². The Kier molecular flexibility index (Phi) is 3.65. The maximum absolute atomic E-state index is 6.33. The first kappa shape index (κ1) is 12.3. The van der Waals surface area contributed by atoms with Gasteiger partial charge in [-0.15, -0.1) is 0 Å². The molecule has 0 amide bonds. The molecule has 0 radical (unpaired) electrons. The molecule has 0 saturated heterocycles. The van der Waals surface area contributed by atoms with Gasteiger partial charge in [-0.25, -0.2) is 0 Å². The van der Waals surface area contributed by atoms with E-state index in [1.807, 2.05) is 12.1 Å². The zero-order valence-electron chi connectivity index (χ0n) is 10.1. The van der Waals surface area contributed by atoms with Gasteiger partial charge in [-0.2, -0.15) is 0 Å². The second-order valence-electron chi connectivity index (χ2n) is 4.40. The standard InChI is InChI=1S/C15H16BrN/c1-10-7-12(9-13(16)8-10)15(17)14-6-4-3-5-11(14)2/h3-9,15H,17H2,1-2H3. The first-order valence-electron chi connectivity index (χ1n) is 5.66. The summed E-state index contributed by atoms with van der Waals surface area (Å²) in [5.41, 5.74) is 11.1. The molecule has 1 unspecified atom stereocenters. The third kappa shape index (κ3) is 2.76. The number of aryl methyl sites for hydroxylation is 2. The molecule has 88 valence electrons. The summed E-state index contributed by atoms with van der Waals surface area (Å²) in [6.07, 6.45) is 0. The molecule has 2 aromatic rings. The van der Waals surface area contributed by atoms with Gasteiger partial charge in [0.1, 0.15) is 0 Å². The van der Waals surface area contributed by atoms with E-state index < -0.39 is 0 Å². The van der Waals surface area contributed by atoms with Crippen LogP contribution < -0.4 is 5.73 Å². The summed E-state index contributed by atoms with van der Waals surface area (Å²) < 4.78 is 1.08. The van der Waals surface area contributed by atoms with Gasteiger partial charge in [0.25, 0.3) is 0 Å². The van der Waals surface area contributed by atoms with Gasteiger partial charge in [0.2, 0.25) is 0 Å². The van der Waals surface area contributed by atoms with Gasteiger partial charge in [-0.1, -0.05) is 46.3 Å². The Morgan fingerprint density at radius 2 is 1.76 bits per heavy atom. The first-order chi connectivity index (χ1) is 8.08. The van der Waals surface area contributed by atoms with E-state index in [0.717, 1.165) is 10.0 Å². The van der Waals surface area contributed by atoms with Crippen LogP contribution in [0.4, 0.5) is 0 Å². The average molecular weight is 290 g/mol. The van der Waals surface area contributed by atoms with Crippen LogP contribution in [0.2, 0.25) is 0 Å². The number of nitrogens with two attached hydrogens (primary N) is 1. The molecule has 0 spiro atoms. The summed E-state index contributed by atoms with van der Waals surface area (Å²) in [6, 6.07) is 14.5. The Morgan fingerprint density at radius 1 is 1.06 bits per heavy atom. The lowest BCUT2D eigenvalue weighted by Gasteiger charge is -2.16. The van der Waals surface area contributed by atoms with Gasteiger partial charge in [0.15, 0.2) is 0 Å². The largest absolute Gasteiger partial charge is 0.320 e. The van der Waals surface area contributed by atoms with Gasteiger partial charge < -0.3 is 5.73 Å². The maximum atomic E-state index is 6.33. The van der Waals surface area contributed by atoms with Crippen molar-refractivity contribution in [1.29, 1.82) is 0 Å². The molecule has 0 aliphatic rings. The SMILES string of the molecule is Cc1cc(Br)cc(C(N)c2ccccc2C)c1. The van der Waals surface area contributed by atoms with E-state index in [4.69, 9.17) is 5.73 Å². The van der Waals surface area contributed by atoms with Gasteiger partial charge in [0, 0.05) is 4.47 Å². The molecule has 2 rings (SSSR count). The molecule has 1 atom stereocenters. The number of benzene rings is 2. The molecular weight excluding hydrogens is 274 g/mol. The molecule has 2 aromatic carbocycles. The van der Waals surface area contributed by atoms with Crippen molar-refractivity contribution < 1.29 is 0 Å². The molecule has 2 N–H and O–H groups in total. The van der Waals surface area contributed by atoms with Gasteiger partial charge >= 0.3 is 0 Å². The Morgan fingerprint density at radius 3 is 2.41 bits per heavy atom. The quantitative estimate of drug-likeness (QED) is 0.884. The van der Waals surface area contributed by atoms with Crippen LogP contribution in [0.3, 0.4) is 0 Å². The van der Waals surface area contributed by atoms with Crippen LogP contribution in [0.1, 0.15) is 28.3 Å². The zero-order chi connectivity index (χ0) is 12.4. The molecule has 0 fully saturated rings. The van der Waals surface area contributed by atoms with Crippen LogP contribution in [0.5, 0.6) is 0 Å². The second kappa shape index (κ2) is 5.03. The zero-order valence-corrected chi connectivity index (χ0v) is 11.7. The number of hydrogen-bond acceptors (Lipinski definition) is 1. The minimum Gasteiger partial charge on any atom is -0.320 e. The lowest BCUT2D eigenvalue weighted by molar-refractivity contribution is 0.859. The summed E-state index contributed by atoms with van der Waals surface area (Å²) in [5, 5.41) is 0.